The highest BCUT2D eigenvalue weighted by Crippen LogP contribution is 2.18. The van der Waals surface area contributed by atoms with Gasteiger partial charge in [-0.05, 0) is 41.5 Å². The lowest BCUT2D eigenvalue weighted by atomic mass is 10.2. The molecule has 1 aromatic rings. The first kappa shape index (κ1) is 16.4. The molecule has 0 aromatic carbocycles. The summed E-state index contributed by atoms with van der Waals surface area (Å²) in [6, 6.07) is 1.86. The van der Waals surface area contributed by atoms with E-state index in [-0.39, 0.29) is 18.4 Å². The van der Waals surface area contributed by atoms with Crippen molar-refractivity contribution >= 4 is 45.7 Å². The van der Waals surface area contributed by atoms with Gasteiger partial charge in [-0.2, -0.15) is 0 Å². The maximum absolute atomic E-state index is 12.3. The van der Waals surface area contributed by atoms with Crippen molar-refractivity contribution in [2.75, 3.05) is 19.6 Å². The predicted octanol–water partition coefficient (Wildman–Crippen LogP) is 2.73. The van der Waals surface area contributed by atoms with E-state index >= 15 is 0 Å². The number of amides is 2. The lowest BCUT2D eigenvalue weighted by Crippen LogP contribution is -2.41. The third-order valence-corrected chi connectivity index (χ3v) is 4.29. The van der Waals surface area contributed by atoms with Gasteiger partial charge in [-0.25, -0.2) is 0 Å². The Morgan fingerprint density at radius 2 is 2.11 bits per heavy atom. The third kappa shape index (κ3) is 5.48. The van der Waals surface area contributed by atoms with Gasteiger partial charge in [-0.3, -0.25) is 9.59 Å². The zero-order valence-corrected chi connectivity index (χ0v) is 14.2. The molecule has 2 amide bonds. The lowest BCUT2D eigenvalue weighted by molar-refractivity contribution is -0.121. The number of nitrogens with one attached hydrogen (secondary N) is 1. The highest BCUT2D eigenvalue weighted by Gasteiger charge is 2.18. The van der Waals surface area contributed by atoms with E-state index in [2.05, 4.69) is 27.9 Å². The second-order valence-electron chi connectivity index (χ2n) is 4.22. The van der Waals surface area contributed by atoms with Gasteiger partial charge in [0.1, 0.15) is 0 Å². The molecule has 1 N–H and O–H groups in total. The van der Waals surface area contributed by atoms with E-state index in [1.165, 1.54) is 11.3 Å². The van der Waals surface area contributed by atoms with Crippen LogP contribution in [0.3, 0.4) is 0 Å². The monoisotopic (exact) mass is 394 g/mol. The van der Waals surface area contributed by atoms with E-state index in [0.29, 0.717) is 18.7 Å². The molecule has 0 saturated carbocycles. The first-order chi connectivity index (χ1) is 9.08. The predicted molar refractivity (Wildman–Crippen MR) is 86.5 cm³/mol. The van der Waals surface area contributed by atoms with Crippen LogP contribution in [0, 0.1) is 2.88 Å². The lowest BCUT2D eigenvalue weighted by Gasteiger charge is -2.21. The fraction of sp³-hybridized carbons (Fsp3) is 0.538. The standard InChI is InChI=1S/C13H19IN2O2S/c1-3-5-15-12(17)8-16(6-4-2)13(18)10-7-11(14)19-9-10/h7,9H,3-6,8H2,1-2H3,(H,15,17). The zero-order chi connectivity index (χ0) is 14.3. The van der Waals surface area contributed by atoms with Crippen molar-refractivity contribution in [1.29, 1.82) is 0 Å². The zero-order valence-electron chi connectivity index (χ0n) is 11.2. The van der Waals surface area contributed by atoms with Crippen molar-refractivity contribution in [3.63, 3.8) is 0 Å². The molecule has 0 fully saturated rings. The minimum atomic E-state index is -0.0893. The first-order valence-corrected chi connectivity index (χ1v) is 8.34. The van der Waals surface area contributed by atoms with Crippen molar-refractivity contribution in [3.8, 4) is 0 Å². The number of hydrogen-bond acceptors (Lipinski definition) is 3. The van der Waals surface area contributed by atoms with E-state index < -0.39 is 0 Å². The van der Waals surface area contributed by atoms with E-state index in [9.17, 15) is 9.59 Å². The van der Waals surface area contributed by atoms with Crippen molar-refractivity contribution in [3.05, 3.63) is 19.9 Å². The number of halogens is 1. The molecule has 0 aliphatic carbocycles. The molecule has 106 valence electrons. The molecule has 0 saturated heterocycles. The molecule has 19 heavy (non-hydrogen) atoms. The highest BCUT2D eigenvalue weighted by atomic mass is 127. The molecule has 4 nitrogen and oxygen atoms in total. The number of carbonyl (C=O) groups excluding carboxylic acids is 2. The van der Waals surface area contributed by atoms with Crippen molar-refractivity contribution in [2.24, 2.45) is 0 Å². The van der Waals surface area contributed by atoms with Gasteiger partial charge >= 0.3 is 0 Å². The van der Waals surface area contributed by atoms with Crippen LogP contribution in [0.4, 0.5) is 0 Å². The van der Waals surface area contributed by atoms with Crippen LogP contribution in [0.5, 0.6) is 0 Å². The number of rotatable bonds is 7. The summed E-state index contributed by atoms with van der Waals surface area (Å²) in [5.74, 6) is -0.152. The Kier molecular flexibility index (Phi) is 7.37. The molecule has 1 rings (SSSR count). The van der Waals surface area contributed by atoms with Gasteiger partial charge in [0.15, 0.2) is 0 Å². The van der Waals surface area contributed by atoms with E-state index in [4.69, 9.17) is 0 Å². The molecule has 1 aromatic heterocycles. The minimum Gasteiger partial charge on any atom is -0.355 e. The highest BCUT2D eigenvalue weighted by molar-refractivity contribution is 14.1. The summed E-state index contributed by atoms with van der Waals surface area (Å²) in [5, 5.41) is 4.65. The van der Waals surface area contributed by atoms with Crippen LogP contribution >= 0.6 is 33.9 Å². The van der Waals surface area contributed by atoms with E-state index in [1.807, 2.05) is 25.3 Å². The average Bonchev–Trinajstić information content (AvgIpc) is 2.81. The van der Waals surface area contributed by atoms with Gasteiger partial charge in [0.25, 0.3) is 5.91 Å². The van der Waals surface area contributed by atoms with Crippen molar-refractivity contribution in [2.45, 2.75) is 26.7 Å². The number of nitrogens with zero attached hydrogens (tertiary/aromatic N) is 1. The molecule has 0 atom stereocenters. The van der Waals surface area contributed by atoms with E-state index in [0.717, 1.165) is 15.7 Å². The summed E-state index contributed by atoms with van der Waals surface area (Å²) in [7, 11) is 0. The van der Waals surface area contributed by atoms with Gasteiger partial charge in [-0.15, -0.1) is 11.3 Å². The quantitative estimate of drug-likeness (QED) is 0.724. The smallest absolute Gasteiger partial charge is 0.255 e. The summed E-state index contributed by atoms with van der Waals surface area (Å²) < 4.78 is 1.08. The van der Waals surface area contributed by atoms with E-state index in [1.54, 1.807) is 4.90 Å². The molecule has 0 aliphatic rings. The largest absolute Gasteiger partial charge is 0.355 e. The molecule has 0 spiro atoms. The number of thiophene rings is 1. The van der Waals surface area contributed by atoms with Gasteiger partial charge in [0, 0.05) is 18.5 Å². The summed E-state index contributed by atoms with van der Waals surface area (Å²) in [5.41, 5.74) is 0.672. The van der Waals surface area contributed by atoms with Gasteiger partial charge in [0.2, 0.25) is 5.91 Å². The van der Waals surface area contributed by atoms with Gasteiger partial charge < -0.3 is 10.2 Å². The van der Waals surface area contributed by atoms with Crippen LogP contribution in [0.1, 0.15) is 37.0 Å². The fourth-order valence-corrected chi connectivity index (χ4v) is 2.94. The molecule has 0 aliphatic heterocycles. The second-order valence-corrected chi connectivity index (χ2v) is 7.02. The van der Waals surface area contributed by atoms with Crippen LogP contribution in [0.25, 0.3) is 0 Å². The first-order valence-electron chi connectivity index (χ1n) is 6.38. The molecule has 0 bridgehead atoms. The maximum Gasteiger partial charge on any atom is 0.255 e. The van der Waals surface area contributed by atoms with Crippen molar-refractivity contribution < 1.29 is 9.59 Å². The van der Waals surface area contributed by atoms with Crippen molar-refractivity contribution in [1.82, 2.24) is 10.2 Å². The number of hydrogen-bond donors (Lipinski definition) is 1. The van der Waals surface area contributed by atoms with Crippen LogP contribution < -0.4 is 5.32 Å². The summed E-state index contributed by atoms with van der Waals surface area (Å²) in [6.45, 7) is 5.40. The molecule has 0 unspecified atom stereocenters. The van der Waals surface area contributed by atoms with Crippen LogP contribution in [-0.2, 0) is 4.79 Å². The van der Waals surface area contributed by atoms with Crippen LogP contribution in [-0.4, -0.2) is 36.3 Å². The molecule has 6 heteroatoms. The Labute approximate surface area is 131 Å². The molecule has 0 radical (unpaired) electrons. The minimum absolute atomic E-state index is 0.0623. The van der Waals surface area contributed by atoms with Gasteiger partial charge in [0.05, 0.1) is 15.0 Å². The topological polar surface area (TPSA) is 49.4 Å². The molecular weight excluding hydrogens is 375 g/mol. The summed E-state index contributed by atoms with van der Waals surface area (Å²) in [6.07, 6.45) is 1.74. The Hall–Kier alpha value is -0.630. The Balaban J connectivity index is 2.66. The third-order valence-electron chi connectivity index (χ3n) is 2.50. The fourth-order valence-electron chi connectivity index (χ4n) is 1.62. The number of carbonyl (C=O) groups is 2. The Bertz CT molecular complexity index is 434. The normalized spacial score (nSPS) is 10.3. The van der Waals surface area contributed by atoms with Gasteiger partial charge in [-0.1, -0.05) is 13.8 Å². The Morgan fingerprint density at radius 3 is 2.63 bits per heavy atom. The SMILES string of the molecule is CCCNC(=O)CN(CCC)C(=O)c1csc(I)c1. The average molecular weight is 394 g/mol. The summed E-state index contributed by atoms with van der Waals surface area (Å²) in [4.78, 5) is 25.6. The maximum atomic E-state index is 12.3. The molecular formula is C13H19IN2O2S. The van der Waals surface area contributed by atoms with Crippen LogP contribution in [0.15, 0.2) is 11.4 Å². The Morgan fingerprint density at radius 1 is 1.37 bits per heavy atom. The summed E-state index contributed by atoms with van der Waals surface area (Å²) >= 11 is 3.73. The second kappa shape index (κ2) is 8.52. The van der Waals surface area contributed by atoms with Crippen LogP contribution in [0.2, 0.25) is 0 Å². The molecule has 1 heterocycles.